The Bertz CT molecular complexity index is 484. The Morgan fingerprint density at radius 3 is 2.60 bits per heavy atom. The largest absolute Gasteiger partial charge is 0.497 e. The molecule has 0 amide bonds. The van der Waals surface area contributed by atoms with E-state index in [2.05, 4.69) is 23.2 Å². The normalized spacial score (nSPS) is 18.2. The molecule has 0 saturated carbocycles. The molecule has 1 heterocycles. The average Bonchev–Trinajstić information content (AvgIpc) is 2.52. The van der Waals surface area contributed by atoms with Crippen LogP contribution in [-0.2, 0) is 4.84 Å². The van der Waals surface area contributed by atoms with Crippen molar-refractivity contribution >= 4 is 29.2 Å². The summed E-state index contributed by atoms with van der Waals surface area (Å²) in [4.78, 5) is 5.19. The van der Waals surface area contributed by atoms with E-state index in [1.54, 1.807) is 7.11 Å². The number of ether oxygens (including phenoxy) is 1. The van der Waals surface area contributed by atoms with Crippen LogP contribution < -0.4 is 4.74 Å². The molecule has 0 aliphatic carbocycles. The van der Waals surface area contributed by atoms with Crippen LogP contribution in [0.3, 0.4) is 0 Å². The fraction of sp³-hybridized carbons (Fsp3) is 0.400. The maximum absolute atomic E-state index is 5.19. The number of methoxy groups -OCH3 is 1. The number of hydrogen-bond acceptors (Lipinski definition) is 5. The molecule has 5 heteroatoms. The molecule has 0 unspecified atom stereocenters. The summed E-state index contributed by atoms with van der Waals surface area (Å²) in [5.74, 6) is 5.23. The number of nitrogens with zero attached hydrogens (tertiary/aromatic N) is 1. The Balaban J connectivity index is 1.82. The van der Waals surface area contributed by atoms with Gasteiger partial charge in [0.1, 0.15) is 12.4 Å². The van der Waals surface area contributed by atoms with Crippen molar-refractivity contribution in [2.24, 2.45) is 5.16 Å². The van der Waals surface area contributed by atoms with Gasteiger partial charge in [-0.3, -0.25) is 0 Å². The summed E-state index contributed by atoms with van der Waals surface area (Å²) >= 11 is 3.75. The zero-order valence-corrected chi connectivity index (χ0v) is 13.0. The average molecular weight is 307 g/mol. The first-order valence-corrected chi connectivity index (χ1v) is 8.41. The van der Waals surface area contributed by atoms with Crippen molar-refractivity contribution in [2.45, 2.75) is 11.0 Å². The third-order valence-corrected chi connectivity index (χ3v) is 5.69. The van der Waals surface area contributed by atoms with Crippen molar-refractivity contribution in [1.29, 1.82) is 0 Å². The van der Waals surface area contributed by atoms with E-state index in [0.29, 0.717) is 17.6 Å². The van der Waals surface area contributed by atoms with Gasteiger partial charge < -0.3 is 9.57 Å². The monoisotopic (exact) mass is 307 g/mol. The third-order valence-electron chi connectivity index (χ3n) is 2.72. The highest BCUT2D eigenvalue weighted by Gasteiger charge is 2.20. The van der Waals surface area contributed by atoms with Crippen LogP contribution in [-0.4, -0.2) is 30.9 Å². The third kappa shape index (κ3) is 4.39. The fourth-order valence-electron chi connectivity index (χ4n) is 1.68. The predicted molar refractivity (Wildman–Crippen MR) is 87.5 cm³/mol. The molecule has 3 nitrogen and oxygen atoms in total. The van der Waals surface area contributed by atoms with Crippen LogP contribution >= 0.6 is 23.5 Å². The first-order chi connectivity index (χ1) is 9.83. The van der Waals surface area contributed by atoms with Crippen LogP contribution in [0.1, 0.15) is 16.6 Å². The maximum atomic E-state index is 5.19. The van der Waals surface area contributed by atoms with E-state index >= 15 is 0 Å². The zero-order chi connectivity index (χ0) is 14.2. The molecule has 106 valence electrons. The van der Waals surface area contributed by atoms with Gasteiger partial charge in [-0.25, -0.2) is 0 Å². The van der Waals surface area contributed by atoms with E-state index in [4.69, 9.17) is 16.0 Å². The van der Waals surface area contributed by atoms with Gasteiger partial charge in [0, 0.05) is 17.9 Å². The Hall–Kier alpha value is -1.25. The van der Waals surface area contributed by atoms with Gasteiger partial charge in [0.15, 0.2) is 0 Å². The van der Waals surface area contributed by atoms with Gasteiger partial charge in [-0.2, -0.15) is 0 Å². The van der Waals surface area contributed by atoms with Gasteiger partial charge in [0.2, 0.25) is 0 Å². The Kier molecular flexibility index (Phi) is 6.16. The molecule has 0 atom stereocenters. The highest BCUT2D eigenvalue weighted by molar-refractivity contribution is 8.18. The molecule has 2 rings (SSSR count). The molecule has 1 aromatic carbocycles. The van der Waals surface area contributed by atoms with Crippen molar-refractivity contribution < 1.29 is 9.57 Å². The number of hydrogen-bond donors (Lipinski definition) is 0. The van der Waals surface area contributed by atoms with Gasteiger partial charge in [-0.15, -0.1) is 35.9 Å². The van der Waals surface area contributed by atoms with Crippen molar-refractivity contribution in [3.8, 4) is 18.1 Å². The van der Waals surface area contributed by atoms with Gasteiger partial charge in [0.25, 0.3) is 0 Å². The van der Waals surface area contributed by atoms with Crippen LogP contribution in [0.5, 0.6) is 5.75 Å². The molecular formula is C15H17NO2S2. The molecule has 0 radical (unpaired) electrons. The summed E-state index contributed by atoms with van der Waals surface area (Å²) in [5, 5.41) is 4.14. The lowest BCUT2D eigenvalue weighted by Crippen LogP contribution is -2.14. The van der Waals surface area contributed by atoms with Crippen LogP contribution in [0.4, 0.5) is 0 Å². The van der Waals surface area contributed by atoms with Crippen molar-refractivity contribution in [3.05, 3.63) is 29.8 Å². The van der Waals surface area contributed by atoms with Gasteiger partial charge >= 0.3 is 0 Å². The molecule has 1 aliphatic heterocycles. The predicted octanol–water partition coefficient (Wildman–Crippen LogP) is 3.57. The summed E-state index contributed by atoms with van der Waals surface area (Å²) in [6, 6.07) is 8.25. The standard InChI is InChI=1S/C15H17NO2S2/c1-3-4-9-18-16-13-10-19-15(20-11-13)12-5-7-14(17-2)8-6-12/h1,5-8,15H,4,9-11H2,2H3. The molecule has 1 aliphatic rings. The fourth-order valence-corrected chi connectivity index (χ4v) is 4.30. The summed E-state index contributed by atoms with van der Waals surface area (Å²) in [6.45, 7) is 0.497. The Labute approximate surface area is 128 Å². The lowest BCUT2D eigenvalue weighted by Gasteiger charge is -2.22. The molecular weight excluding hydrogens is 290 g/mol. The van der Waals surface area contributed by atoms with E-state index < -0.39 is 0 Å². The van der Waals surface area contributed by atoms with E-state index in [9.17, 15) is 0 Å². The minimum Gasteiger partial charge on any atom is -0.497 e. The summed E-state index contributed by atoms with van der Waals surface area (Å²) in [6.07, 6.45) is 5.76. The summed E-state index contributed by atoms with van der Waals surface area (Å²) in [7, 11) is 1.68. The van der Waals surface area contributed by atoms with Crippen LogP contribution in [0.15, 0.2) is 29.4 Å². The number of rotatable bonds is 5. The maximum Gasteiger partial charge on any atom is 0.128 e. The topological polar surface area (TPSA) is 30.8 Å². The molecule has 0 spiro atoms. The lowest BCUT2D eigenvalue weighted by molar-refractivity contribution is 0.150. The molecule has 1 saturated heterocycles. The first kappa shape index (κ1) is 15.1. The van der Waals surface area contributed by atoms with Crippen LogP contribution in [0, 0.1) is 12.3 Å². The van der Waals surface area contributed by atoms with E-state index in [1.807, 2.05) is 35.7 Å². The number of terminal acetylenes is 1. The van der Waals surface area contributed by atoms with Gasteiger partial charge in [0.05, 0.1) is 17.4 Å². The summed E-state index contributed by atoms with van der Waals surface area (Å²) in [5.41, 5.74) is 2.40. The smallest absolute Gasteiger partial charge is 0.128 e. The minimum atomic E-state index is 0.450. The highest BCUT2D eigenvalue weighted by atomic mass is 32.2. The molecule has 0 aromatic heterocycles. The van der Waals surface area contributed by atoms with Gasteiger partial charge in [-0.1, -0.05) is 17.3 Å². The number of benzene rings is 1. The molecule has 20 heavy (non-hydrogen) atoms. The second kappa shape index (κ2) is 8.13. The van der Waals surface area contributed by atoms with Crippen LogP contribution in [0.25, 0.3) is 0 Å². The van der Waals surface area contributed by atoms with Crippen molar-refractivity contribution in [1.82, 2.24) is 0 Å². The van der Waals surface area contributed by atoms with Crippen molar-refractivity contribution in [3.63, 3.8) is 0 Å². The zero-order valence-electron chi connectivity index (χ0n) is 11.4. The van der Waals surface area contributed by atoms with Crippen LogP contribution in [0.2, 0.25) is 0 Å². The Morgan fingerprint density at radius 1 is 1.30 bits per heavy atom. The lowest BCUT2D eigenvalue weighted by atomic mass is 10.2. The van der Waals surface area contributed by atoms with E-state index in [0.717, 1.165) is 23.0 Å². The first-order valence-electron chi connectivity index (χ1n) is 6.32. The van der Waals surface area contributed by atoms with E-state index in [-0.39, 0.29) is 0 Å². The minimum absolute atomic E-state index is 0.450. The second-order valence-electron chi connectivity index (χ2n) is 4.17. The van der Waals surface area contributed by atoms with E-state index in [1.165, 1.54) is 5.56 Å². The van der Waals surface area contributed by atoms with Crippen molar-refractivity contribution in [2.75, 3.05) is 25.2 Å². The number of oxime groups is 1. The number of thioether (sulfide) groups is 2. The Morgan fingerprint density at radius 2 is 2.00 bits per heavy atom. The quantitative estimate of drug-likeness (QED) is 0.473. The highest BCUT2D eigenvalue weighted by Crippen LogP contribution is 2.43. The molecule has 0 bridgehead atoms. The molecule has 1 aromatic rings. The molecule has 1 fully saturated rings. The summed E-state index contributed by atoms with van der Waals surface area (Å²) < 4.78 is 5.62. The second-order valence-corrected chi connectivity index (χ2v) is 6.66. The SMILES string of the molecule is C#CCCON=C1CSC(c2ccc(OC)cc2)SC1. The van der Waals surface area contributed by atoms with Gasteiger partial charge in [-0.05, 0) is 17.7 Å². The molecule has 0 N–H and O–H groups in total.